The highest BCUT2D eigenvalue weighted by Crippen LogP contribution is 2.39. The van der Waals surface area contributed by atoms with E-state index in [2.05, 4.69) is 32.9 Å². The smallest absolute Gasteiger partial charge is 0.391 e. The van der Waals surface area contributed by atoms with Crippen LogP contribution in [0.1, 0.15) is 75.5 Å². The number of aromatic nitrogens is 3. The summed E-state index contributed by atoms with van der Waals surface area (Å²) >= 11 is 0. The molecule has 3 aliphatic rings. The minimum Gasteiger partial charge on any atom is -0.393 e. The Morgan fingerprint density at radius 2 is 2.00 bits per heavy atom. The summed E-state index contributed by atoms with van der Waals surface area (Å²) in [5.41, 5.74) is 4.38. The van der Waals surface area contributed by atoms with Gasteiger partial charge in [-0.05, 0) is 63.5 Å². The lowest BCUT2D eigenvalue weighted by atomic mass is 9.85. The monoisotopic (exact) mass is 449 g/mol. The highest BCUT2D eigenvalue weighted by Gasteiger charge is 2.32. The largest absolute Gasteiger partial charge is 0.393 e. The predicted octanol–water partition coefficient (Wildman–Crippen LogP) is 4.41. The first-order valence-electron chi connectivity index (χ1n) is 11.6. The number of fused-ring (bicyclic) bond motifs is 3. The van der Waals surface area contributed by atoms with Crippen molar-refractivity contribution in [2.75, 3.05) is 5.32 Å². The molecule has 0 aromatic carbocycles. The predicted molar refractivity (Wildman–Crippen MR) is 116 cm³/mol. The van der Waals surface area contributed by atoms with E-state index in [0.717, 1.165) is 55.3 Å². The third kappa shape index (κ3) is 4.50. The lowest BCUT2D eigenvalue weighted by Crippen LogP contribution is -2.31. The average molecular weight is 450 g/mol. The van der Waals surface area contributed by atoms with E-state index >= 15 is 0 Å². The van der Waals surface area contributed by atoms with Crippen LogP contribution >= 0.6 is 0 Å². The quantitative estimate of drug-likeness (QED) is 0.631. The van der Waals surface area contributed by atoms with E-state index in [1.54, 1.807) is 6.20 Å². The lowest BCUT2D eigenvalue weighted by molar-refractivity contribution is -0.136. The molecule has 0 spiro atoms. The second kappa shape index (κ2) is 8.33. The first kappa shape index (κ1) is 21.7. The van der Waals surface area contributed by atoms with Crippen molar-refractivity contribution in [1.82, 2.24) is 19.9 Å². The summed E-state index contributed by atoms with van der Waals surface area (Å²) in [6, 6.07) is 2.27. The van der Waals surface area contributed by atoms with E-state index in [9.17, 15) is 18.3 Å². The molecule has 0 amide bonds. The highest BCUT2D eigenvalue weighted by molar-refractivity contribution is 5.80. The number of nitrogens with zero attached hydrogens (tertiary/aromatic N) is 3. The van der Waals surface area contributed by atoms with E-state index in [-0.39, 0.29) is 18.0 Å². The van der Waals surface area contributed by atoms with Gasteiger partial charge in [-0.3, -0.25) is 0 Å². The number of hydrogen-bond donors (Lipinski definition) is 3. The zero-order chi connectivity index (χ0) is 22.5. The van der Waals surface area contributed by atoms with Gasteiger partial charge in [0.1, 0.15) is 0 Å². The Morgan fingerprint density at radius 3 is 2.72 bits per heavy atom. The van der Waals surface area contributed by atoms with Crippen molar-refractivity contribution in [2.45, 2.75) is 94.6 Å². The molecule has 0 unspecified atom stereocenters. The summed E-state index contributed by atoms with van der Waals surface area (Å²) in [7, 11) is 0. The Kier molecular flexibility index (Phi) is 5.65. The summed E-state index contributed by atoms with van der Waals surface area (Å²) in [6.07, 6.45) is 5.13. The fourth-order valence-corrected chi connectivity index (χ4v) is 5.54. The summed E-state index contributed by atoms with van der Waals surface area (Å²) < 4.78 is 40.2. The fraction of sp³-hybridized carbons (Fsp3) is 0.652. The summed E-state index contributed by atoms with van der Waals surface area (Å²) in [6.45, 7) is 1.49. The maximum Gasteiger partial charge on any atom is 0.391 e. The number of hydrogen-bond acceptors (Lipinski definition) is 5. The first-order chi connectivity index (χ1) is 15.2. The van der Waals surface area contributed by atoms with Crippen molar-refractivity contribution in [3.8, 4) is 0 Å². The standard InChI is InChI=1S/C23H30F3N5O/c1-13(11-23(24,25)26)28-22-27-12-21-19(15-8-16-4-5-17(9-15)29-16)10-20(31(21)30-22)14-2-6-18(32)7-3-14/h8,10,12-14,16-18,29,32H,2-7,9,11H2,1H3,(H,28,30)/t13-,14?,16-,17+,18?/m0/s1. The molecule has 2 aromatic rings. The molecule has 1 saturated heterocycles. The Morgan fingerprint density at radius 1 is 1.22 bits per heavy atom. The third-order valence-corrected chi connectivity index (χ3v) is 7.06. The molecule has 2 aliphatic heterocycles. The van der Waals surface area contributed by atoms with Gasteiger partial charge >= 0.3 is 6.18 Å². The van der Waals surface area contributed by atoms with Crippen molar-refractivity contribution in [3.05, 3.63) is 29.6 Å². The van der Waals surface area contributed by atoms with Gasteiger partial charge in [0.25, 0.3) is 0 Å². The second-order valence-electron chi connectivity index (χ2n) is 9.68. The molecule has 6 nitrogen and oxygen atoms in total. The van der Waals surface area contributed by atoms with Gasteiger partial charge in [-0.1, -0.05) is 6.08 Å². The van der Waals surface area contributed by atoms with Crippen molar-refractivity contribution >= 4 is 17.0 Å². The molecule has 2 bridgehead atoms. The summed E-state index contributed by atoms with van der Waals surface area (Å²) in [4.78, 5) is 4.36. The van der Waals surface area contributed by atoms with Gasteiger partial charge in [0, 0.05) is 35.3 Å². The molecule has 3 N–H and O–H groups in total. The molecule has 9 heteroatoms. The Bertz CT molecular complexity index is 1010. The molecular formula is C23H30F3N5O. The number of nitrogens with one attached hydrogen (secondary N) is 2. The molecule has 2 fully saturated rings. The Labute approximate surface area is 185 Å². The van der Waals surface area contributed by atoms with Gasteiger partial charge in [0.2, 0.25) is 5.95 Å². The SMILES string of the molecule is C[C@@H](CC(F)(F)F)Nc1ncc2c(C3=C[C@@H]4CC[C@H](C3)N4)cc(C3CCC(O)CC3)n2n1. The molecule has 0 radical (unpaired) electrons. The summed E-state index contributed by atoms with van der Waals surface area (Å²) in [5, 5.41) is 21.0. The van der Waals surface area contributed by atoms with Crippen molar-refractivity contribution in [1.29, 1.82) is 0 Å². The summed E-state index contributed by atoms with van der Waals surface area (Å²) in [5.74, 6) is 0.460. The van der Waals surface area contributed by atoms with E-state index in [1.807, 2.05) is 4.52 Å². The minimum absolute atomic E-state index is 0.202. The van der Waals surface area contributed by atoms with Crippen LogP contribution in [-0.2, 0) is 0 Å². The fourth-order valence-electron chi connectivity index (χ4n) is 5.54. The normalized spacial score (nSPS) is 29.2. The topological polar surface area (TPSA) is 74.5 Å². The average Bonchev–Trinajstić information content (AvgIpc) is 3.26. The van der Waals surface area contributed by atoms with Gasteiger partial charge in [0.15, 0.2) is 0 Å². The van der Waals surface area contributed by atoms with Crippen LogP contribution in [0.2, 0.25) is 0 Å². The second-order valence-corrected chi connectivity index (χ2v) is 9.68. The minimum atomic E-state index is -4.24. The molecule has 1 saturated carbocycles. The van der Waals surface area contributed by atoms with Gasteiger partial charge in [-0.2, -0.15) is 13.2 Å². The molecular weight excluding hydrogens is 419 g/mol. The molecule has 174 valence electrons. The highest BCUT2D eigenvalue weighted by atomic mass is 19.4. The Balaban J connectivity index is 1.50. The maximum absolute atomic E-state index is 12.8. The van der Waals surface area contributed by atoms with E-state index in [0.29, 0.717) is 12.1 Å². The van der Waals surface area contributed by atoms with Crippen molar-refractivity contribution < 1.29 is 18.3 Å². The van der Waals surface area contributed by atoms with E-state index < -0.39 is 18.6 Å². The zero-order valence-corrected chi connectivity index (χ0v) is 18.2. The first-order valence-corrected chi connectivity index (χ1v) is 11.6. The van der Waals surface area contributed by atoms with Crippen LogP contribution < -0.4 is 10.6 Å². The Hall–Kier alpha value is -2.13. The maximum atomic E-state index is 12.8. The van der Waals surface area contributed by atoms with Gasteiger partial charge in [0.05, 0.1) is 24.2 Å². The molecule has 4 heterocycles. The number of aliphatic hydroxyl groups excluding tert-OH is 1. The van der Waals surface area contributed by atoms with Gasteiger partial charge in [-0.25, -0.2) is 9.50 Å². The number of anilines is 1. The van der Waals surface area contributed by atoms with Crippen LogP contribution in [0.5, 0.6) is 0 Å². The number of rotatable bonds is 5. The molecule has 32 heavy (non-hydrogen) atoms. The number of halogens is 3. The van der Waals surface area contributed by atoms with Gasteiger partial charge in [-0.15, -0.1) is 5.10 Å². The zero-order valence-electron chi connectivity index (χ0n) is 18.2. The molecule has 2 aromatic heterocycles. The molecule has 5 rings (SSSR count). The molecule has 1 aliphatic carbocycles. The third-order valence-electron chi connectivity index (χ3n) is 7.06. The van der Waals surface area contributed by atoms with E-state index in [4.69, 9.17) is 0 Å². The molecule has 3 atom stereocenters. The number of aliphatic hydroxyl groups is 1. The van der Waals surface area contributed by atoms with E-state index in [1.165, 1.54) is 18.9 Å². The van der Waals surface area contributed by atoms with Crippen LogP contribution in [0, 0.1) is 0 Å². The van der Waals surface area contributed by atoms with Crippen LogP contribution in [0.15, 0.2) is 18.3 Å². The number of alkyl halides is 3. The van der Waals surface area contributed by atoms with Crippen molar-refractivity contribution in [3.63, 3.8) is 0 Å². The van der Waals surface area contributed by atoms with Crippen LogP contribution in [0.25, 0.3) is 11.1 Å². The van der Waals surface area contributed by atoms with Crippen molar-refractivity contribution in [2.24, 2.45) is 0 Å². The van der Waals surface area contributed by atoms with Crippen LogP contribution in [0.4, 0.5) is 19.1 Å². The van der Waals surface area contributed by atoms with Gasteiger partial charge < -0.3 is 15.7 Å². The van der Waals surface area contributed by atoms with Crippen LogP contribution in [-0.4, -0.2) is 50.1 Å². The van der Waals surface area contributed by atoms with Crippen LogP contribution in [0.3, 0.4) is 0 Å². The lowest BCUT2D eigenvalue weighted by Gasteiger charge is -2.25.